The van der Waals surface area contributed by atoms with Crippen molar-refractivity contribution in [3.05, 3.63) is 52.1 Å². The fourth-order valence-electron chi connectivity index (χ4n) is 2.49. The molecule has 0 radical (unpaired) electrons. The van der Waals surface area contributed by atoms with E-state index in [-0.39, 0.29) is 6.42 Å². The second-order valence-electron chi connectivity index (χ2n) is 5.10. The number of aliphatic carboxylic acids is 1. The maximum atomic E-state index is 11.2. The van der Waals surface area contributed by atoms with Crippen LogP contribution in [0.4, 0.5) is 0 Å². The lowest BCUT2D eigenvalue weighted by Gasteiger charge is -2.12. The molecule has 0 fully saturated rings. The number of carboxylic acid groups (broad SMARTS) is 1. The second kappa shape index (κ2) is 5.77. The van der Waals surface area contributed by atoms with Gasteiger partial charge in [0.1, 0.15) is 5.69 Å². The topological polar surface area (TPSA) is 66.3 Å². The summed E-state index contributed by atoms with van der Waals surface area (Å²) in [4.78, 5) is 11.2. The molecule has 2 aromatic rings. The van der Waals surface area contributed by atoms with E-state index in [0.29, 0.717) is 16.5 Å². The fourth-order valence-corrected chi connectivity index (χ4v) is 2.62. The Morgan fingerprint density at radius 2 is 1.90 bits per heavy atom. The quantitative estimate of drug-likeness (QED) is 0.673. The minimum atomic E-state index is -0.925. The molecular formula is C15H18ClN2O3+. The molecule has 0 saturated heterocycles. The van der Waals surface area contributed by atoms with Gasteiger partial charge in [-0.15, -0.1) is 0 Å². The van der Waals surface area contributed by atoms with E-state index in [1.54, 1.807) is 31.2 Å². The summed E-state index contributed by atoms with van der Waals surface area (Å²) in [6.45, 7) is 3.67. The third-order valence-corrected chi connectivity index (χ3v) is 4.12. The number of hydrogen-bond donors (Lipinski definition) is 2. The molecule has 1 aromatic heterocycles. The van der Waals surface area contributed by atoms with Crippen LogP contribution in [0.25, 0.3) is 0 Å². The molecule has 0 aliphatic heterocycles. The summed E-state index contributed by atoms with van der Waals surface area (Å²) in [7, 11) is 1.81. The summed E-state index contributed by atoms with van der Waals surface area (Å²) >= 11 is 5.88. The van der Waals surface area contributed by atoms with E-state index in [9.17, 15) is 15.1 Å². The Hall–Kier alpha value is -2.01. The number of nitrogens with zero attached hydrogens (tertiary/aromatic N) is 2. The lowest BCUT2D eigenvalue weighted by molar-refractivity contribution is -0.686. The van der Waals surface area contributed by atoms with Crippen molar-refractivity contribution in [1.29, 1.82) is 0 Å². The summed E-state index contributed by atoms with van der Waals surface area (Å²) in [5.74, 6) is -0.844. The van der Waals surface area contributed by atoms with Gasteiger partial charge in [-0.05, 0) is 22.4 Å². The Morgan fingerprint density at radius 3 is 2.33 bits per heavy atom. The third kappa shape index (κ3) is 2.88. The highest BCUT2D eigenvalue weighted by Crippen LogP contribution is 2.28. The van der Waals surface area contributed by atoms with Crippen molar-refractivity contribution in [2.75, 3.05) is 0 Å². The van der Waals surface area contributed by atoms with Crippen molar-refractivity contribution in [3.63, 3.8) is 0 Å². The molecule has 21 heavy (non-hydrogen) atoms. The molecule has 0 bridgehead atoms. The molecule has 1 heterocycles. The van der Waals surface area contributed by atoms with E-state index in [1.807, 2.05) is 18.5 Å². The summed E-state index contributed by atoms with van der Waals surface area (Å²) in [5, 5.41) is 20.1. The largest absolute Gasteiger partial charge is 0.481 e. The monoisotopic (exact) mass is 309 g/mol. The van der Waals surface area contributed by atoms with Gasteiger partial charge in [0.15, 0.2) is 5.69 Å². The van der Waals surface area contributed by atoms with Gasteiger partial charge in [-0.1, -0.05) is 23.7 Å². The Labute approximate surface area is 128 Å². The van der Waals surface area contributed by atoms with Gasteiger partial charge in [-0.25, -0.2) is 4.57 Å². The molecule has 0 saturated carbocycles. The number of rotatable bonds is 4. The highest BCUT2D eigenvalue weighted by atomic mass is 35.5. The van der Waals surface area contributed by atoms with Gasteiger partial charge in [0.2, 0.25) is 0 Å². The maximum absolute atomic E-state index is 11.2. The molecule has 0 aliphatic carbocycles. The predicted octanol–water partition coefficient (Wildman–Crippen LogP) is 2.43. The van der Waals surface area contributed by atoms with E-state index >= 15 is 0 Å². The van der Waals surface area contributed by atoms with Crippen molar-refractivity contribution in [2.24, 2.45) is 7.05 Å². The zero-order chi connectivity index (χ0) is 15.7. The standard InChI is InChI=1S/C15H17ClN2O3/c1-9-10(2)18(21)15(17(9)3)13(8-14(19)20)11-4-6-12(16)7-5-11/h4-7,13H,8H2,1-3H3,(H-,19,20,21)/p+1/t13-/m1/s1. The van der Waals surface area contributed by atoms with Crippen LogP contribution in [-0.4, -0.2) is 21.0 Å². The molecule has 0 amide bonds. The molecule has 6 heteroatoms. The number of hydrogen-bond acceptors (Lipinski definition) is 2. The first-order valence-corrected chi connectivity index (χ1v) is 6.95. The Morgan fingerprint density at radius 1 is 1.33 bits per heavy atom. The van der Waals surface area contributed by atoms with Gasteiger partial charge >= 0.3 is 11.8 Å². The van der Waals surface area contributed by atoms with Crippen LogP contribution in [0.5, 0.6) is 0 Å². The number of carboxylic acids is 1. The highest BCUT2D eigenvalue weighted by molar-refractivity contribution is 6.30. The molecule has 1 atom stereocenters. The molecule has 0 aliphatic rings. The van der Waals surface area contributed by atoms with Crippen LogP contribution < -0.4 is 4.57 Å². The number of aromatic nitrogens is 2. The zero-order valence-corrected chi connectivity index (χ0v) is 12.9. The Balaban J connectivity index is 2.58. The SMILES string of the molecule is Cc1c(C)[n+](C)c([C@H](CC(=O)O)c2ccc(Cl)cc2)n1O. The Kier molecular flexibility index (Phi) is 4.23. The predicted molar refractivity (Wildman–Crippen MR) is 77.8 cm³/mol. The van der Waals surface area contributed by atoms with Crippen molar-refractivity contribution >= 4 is 17.6 Å². The smallest absolute Gasteiger partial charge is 0.304 e. The summed E-state index contributed by atoms with van der Waals surface area (Å²) < 4.78 is 2.88. The van der Waals surface area contributed by atoms with E-state index < -0.39 is 11.9 Å². The zero-order valence-electron chi connectivity index (χ0n) is 12.2. The van der Waals surface area contributed by atoms with Crippen LogP contribution in [0, 0.1) is 13.8 Å². The van der Waals surface area contributed by atoms with Crippen LogP contribution in [0.3, 0.4) is 0 Å². The average Bonchev–Trinajstić information content (AvgIpc) is 2.62. The van der Waals surface area contributed by atoms with Crippen molar-refractivity contribution in [2.45, 2.75) is 26.2 Å². The van der Waals surface area contributed by atoms with Crippen LogP contribution >= 0.6 is 11.6 Å². The van der Waals surface area contributed by atoms with Crippen LogP contribution in [-0.2, 0) is 11.8 Å². The summed E-state index contributed by atoms with van der Waals surface area (Å²) in [5.41, 5.74) is 2.37. The van der Waals surface area contributed by atoms with Gasteiger partial charge in [-0.2, -0.15) is 0 Å². The van der Waals surface area contributed by atoms with Gasteiger partial charge < -0.3 is 10.3 Å². The van der Waals surface area contributed by atoms with E-state index in [4.69, 9.17) is 11.6 Å². The van der Waals surface area contributed by atoms with Crippen LogP contribution in [0.15, 0.2) is 24.3 Å². The number of imidazole rings is 1. The van der Waals surface area contributed by atoms with Gasteiger partial charge in [-0.3, -0.25) is 4.79 Å². The first-order chi connectivity index (χ1) is 9.82. The molecule has 112 valence electrons. The minimum Gasteiger partial charge on any atom is -0.481 e. The normalized spacial score (nSPS) is 12.4. The minimum absolute atomic E-state index is 0.112. The lowest BCUT2D eigenvalue weighted by atomic mass is 9.95. The molecule has 2 N–H and O–H groups in total. The lowest BCUT2D eigenvalue weighted by Crippen LogP contribution is -2.37. The van der Waals surface area contributed by atoms with E-state index in [2.05, 4.69) is 0 Å². The average molecular weight is 310 g/mol. The van der Waals surface area contributed by atoms with Crippen molar-refractivity contribution in [3.8, 4) is 0 Å². The molecule has 0 unspecified atom stereocenters. The van der Waals surface area contributed by atoms with Crippen molar-refractivity contribution < 1.29 is 19.7 Å². The van der Waals surface area contributed by atoms with E-state index in [1.165, 1.54) is 0 Å². The maximum Gasteiger partial charge on any atom is 0.304 e. The highest BCUT2D eigenvalue weighted by Gasteiger charge is 2.33. The molecule has 0 spiro atoms. The summed E-state index contributed by atoms with van der Waals surface area (Å²) in [6.07, 6.45) is -0.112. The Bertz CT molecular complexity index is 652. The first-order valence-electron chi connectivity index (χ1n) is 6.57. The molecule has 5 nitrogen and oxygen atoms in total. The van der Waals surface area contributed by atoms with Crippen LogP contribution in [0.2, 0.25) is 5.02 Å². The molecule has 1 aromatic carbocycles. The second-order valence-corrected chi connectivity index (χ2v) is 5.54. The molecular weight excluding hydrogens is 292 g/mol. The first kappa shape index (κ1) is 15.4. The van der Waals surface area contributed by atoms with Crippen LogP contribution in [0.1, 0.15) is 35.1 Å². The van der Waals surface area contributed by atoms with E-state index in [0.717, 1.165) is 16.0 Å². The van der Waals surface area contributed by atoms with Gasteiger partial charge in [0, 0.05) is 18.9 Å². The number of carbonyl (C=O) groups is 1. The third-order valence-electron chi connectivity index (χ3n) is 3.87. The number of halogens is 1. The number of benzene rings is 1. The molecule has 2 rings (SSSR count). The van der Waals surface area contributed by atoms with Crippen molar-refractivity contribution in [1.82, 2.24) is 4.73 Å². The van der Waals surface area contributed by atoms with Gasteiger partial charge in [0.05, 0.1) is 19.4 Å². The van der Waals surface area contributed by atoms with Gasteiger partial charge in [0.25, 0.3) is 0 Å². The fraction of sp³-hybridized carbons (Fsp3) is 0.333. The summed E-state index contributed by atoms with van der Waals surface area (Å²) in [6, 6.07) is 7.01.